The average Bonchev–Trinajstić information content (AvgIpc) is 2.86. The third-order valence-corrected chi connectivity index (χ3v) is 9.70. The van der Waals surface area contributed by atoms with Crippen molar-refractivity contribution in [2.75, 3.05) is 59.1 Å². The van der Waals surface area contributed by atoms with Crippen molar-refractivity contribution in [3.8, 4) is 0 Å². The van der Waals surface area contributed by atoms with E-state index in [9.17, 15) is 13.2 Å². The van der Waals surface area contributed by atoms with Gasteiger partial charge >= 0.3 is 0 Å². The molecule has 2 atom stereocenters. The van der Waals surface area contributed by atoms with Crippen LogP contribution in [0.4, 0.5) is 0 Å². The quantitative estimate of drug-likeness (QED) is 0.497. The largest absolute Gasteiger partial charge is 0.373 e. The number of hydrogen-bond acceptors (Lipinski definition) is 6. The number of rotatable bonds is 8. The van der Waals surface area contributed by atoms with Crippen LogP contribution in [-0.2, 0) is 24.3 Å². The van der Waals surface area contributed by atoms with Crippen molar-refractivity contribution in [1.29, 1.82) is 0 Å². The highest BCUT2D eigenvalue weighted by Crippen LogP contribution is 2.30. The molecule has 0 N–H and O–H groups in total. The van der Waals surface area contributed by atoms with E-state index in [-0.39, 0.29) is 41.2 Å². The summed E-state index contributed by atoms with van der Waals surface area (Å²) in [6, 6.07) is 4.02. The van der Waals surface area contributed by atoms with Crippen molar-refractivity contribution in [2.45, 2.75) is 55.6 Å². The number of ether oxygens (including phenoxy) is 2. The van der Waals surface area contributed by atoms with E-state index in [1.165, 1.54) is 41.8 Å². The van der Waals surface area contributed by atoms with E-state index in [4.69, 9.17) is 32.7 Å². The molecule has 0 saturated carbocycles. The molecule has 1 aromatic rings. The van der Waals surface area contributed by atoms with Gasteiger partial charge in [0.2, 0.25) is 15.9 Å². The fraction of sp³-hybridized carbons (Fsp3) is 0.708. The number of piperidine rings is 2. The number of benzene rings is 1. The monoisotopic (exact) mass is 547 g/mol. The molecular formula is C24H35Cl2N3O5S. The number of hydrogen-bond donors (Lipinski definition) is 0. The first kappa shape index (κ1) is 27.1. The minimum atomic E-state index is -3.75. The Labute approximate surface area is 218 Å². The van der Waals surface area contributed by atoms with Crippen LogP contribution < -0.4 is 0 Å². The summed E-state index contributed by atoms with van der Waals surface area (Å²) in [6.45, 7) is 5.23. The molecule has 0 radical (unpaired) electrons. The minimum absolute atomic E-state index is 0.0241. The predicted octanol–water partition coefficient (Wildman–Crippen LogP) is 3.27. The zero-order chi connectivity index (χ0) is 24.8. The molecule has 3 saturated heterocycles. The molecule has 196 valence electrons. The van der Waals surface area contributed by atoms with Crippen molar-refractivity contribution in [3.05, 3.63) is 28.2 Å². The van der Waals surface area contributed by atoms with Crippen LogP contribution in [0.2, 0.25) is 10.0 Å². The van der Waals surface area contributed by atoms with Gasteiger partial charge in [-0.3, -0.25) is 4.79 Å². The Morgan fingerprint density at radius 1 is 1.03 bits per heavy atom. The van der Waals surface area contributed by atoms with Crippen LogP contribution in [0.15, 0.2) is 23.1 Å². The fourth-order valence-corrected chi connectivity index (χ4v) is 7.16. The summed E-state index contributed by atoms with van der Waals surface area (Å²) in [5, 5.41) is 0.510. The van der Waals surface area contributed by atoms with E-state index in [0.29, 0.717) is 37.7 Å². The number of nitrogens with zero attached hydrogens (tertiary/aromatic N) is 3. The maximum Gasteiger partial charge on any atom is 0.248 e. The Hall–Kier alpha value is -0.940. The molecular weight excluding hydrogens is 513 g/mol. The summed E-state index contributed by atoms with van der Waals surface area (Å²) in [5.74, 6) is -0.0772. The second-order valence-electron chi connectivity index (χ2n) is 9.55. The molecule has 3 fully saturated rings. The summed E-state index contributed by atoms with van der Waals surface area (Å²) in [4.78, 5) is 17.2. The van der Waals surface area contributed by atoms with Gasteiger partial charge in [-0.2, -0.15) is 4.31 Å². The van der Waals surface area contributed by atoms with Gasteiger partial charge in [-0.15, -0.1) is 0 Å². The summed E-state index contributed by atoms with van der Waals surface area (Å²) in [5.41, 5.74) is 0. The van der Waals surface area contributed by atoms with Gasteiger partial charge in [0.15, 0.2) is 0 Å². The van der Waals surface area contributed by atoms with E-state index in [0.717, 1.165) is 32.5 Å². The molecule has 1 aromatic carbocycles. The summed E-state index contributed by atoms with van der Waals surface area (Å²) in [6.07, 6.45) is 6.14. The Bertz CT molecular complexity index is 974. The van der Waals surface area contributed by atoms with Gasteiger partial charge in [-0.1, -0.05) is 36.0 Å². The summed E-state index contributed by atoms with van der Waals surface area (Å²) >= 11 is 12.0. The van der Waals surface area contributed by atoms with E-state index >= 15 is 0 Å². The van der Waals surface area contributed by atoms with Crippen molar-refractivity contribution < 1.29 is 22.7 Å². The highest BCUT2D eigenvalue weighted by atomic mass is 35.5. The molecule has 2 unspecified atom stereocenters. The van der Waals surface area contributed by atoms with Gasteiger partial charge < -0.3 is 19.3 Å². The zero-order valence-corrected chi connectivity index (χ0v) is 22.4. The number of carbonyl (C=O) groups excluding carboxylic acids is 1. The van der Waals surface area contributed by atoms with E-state index in [1.54, 1.807) is 0 Å². The van der Waals surface area contributed by atoms with Crippen LogP contribution in [0.1, 0.15) is 38.5 Å². The fourth-order valence-electron chi connectivity index (χ4n) is 5.09. The van der Waals surface area contributed by atoms with Crippen LogP contribution >= 0.6 is 23.2 Å². The van der Waals surface area contributed by atoms with Crippen LogP contribution in [0.5, 0.6) is 0 Å². The van der Waals surface area contributed by atoms with Gasteiger partial charge in [-0.25, -0.2) is 8.42 Å². The Balaban J connectivity index is 1.29. The normalized spacial score (nSPS) is 25.0. The lowest BCUT2D eigenvalue weighted by Gasteiger charge is -2.37. The molecule has 0 spiro atoms. The Morgan fingerprint density at radius 2 is 1.80 bits per heavy atom. The molecule has 0 bridgehead atoms. The molecule has 8 nitrogen and oxygen atoms in total. The number of halogens is 2. The van der Waals surface area contributed by atoms with Crippen molar-refractivity contribution in [3.63, 3.8) is 0 Å². The SMILES string of the molecule is O=C(COCC1CCCCN1S(=O)(=O)c1ccc(Cl)c(Cl)c1)N1CCOC(CN2CCCCC2)C1. The van der Waals surface area contributed by atoms with Gasteiger partial charge in [0.1, 0.15) is 6.61 Å². The van der Waals surface area contributed by atoms with Crippen LogP contribution in [0.25, 0.3) is 0 Å². The van der Waals surface area contributed by atoms with Crippen molar-refractivity contribution in [2.24, 2.45) is 0 Å². The van der Waals surface area contributed by atoms with Gasteiger partial charge in [0.25, 0.3) is 0 Å². The van der Waals surface area contributed by atoms with Crippen LogP contribution in [0.3, 0.4) is 0 Å². The van der Waals surface area contributed by atoms with Gasteiger partial charge in [-0.05, 0) is 57.0 Å². The Kier molecular flexibility index (Phi) is 9.71. The highest BCUT2D eigenvalue weighted by Gasteiger charge is 2.34. The molecule has 3 aliphatic rings. The predicted molar refractivity (Wildman–Crippen MR) is 135 cm³/mol. The second-order valence-corrected chi connectivity index (χ2v) is 12.3. The minimum Gasteiger partial charge on any atom is -0.373 e. The molecule has 11 heteroatoms. The van der Waals surface area contributed by atoms with E-state index in [2.05, 4.69) is 4.90 Å². The van der Waals surface area contributed by atoms with E-state index in [1.807, 2.05) is 4.90 Å². The number of amides is 1. The molecule has 1 amide bonds. The van der Waals surface area contributed by atoms with Crippen molar-refractivity contribution >= 4 is 39.1 Å². The Morgan fingerprint density at radius 3 is 2.57 bits per heavy atom. The van der Waals surface area contributed by atoms with Crippen molar-refractivity contribution in [1.82, 2.24) is 14.1 Å². The molecule has 4 rings (SSSR count). The number of sulfonamides is 1. The topological polar surface area (TPSA) is 79.4 Å². The van der Waals surface area contributed by atoms with Crippen LogP contribution in [0, 0.1) is 0 Å². The molecule has 35 heavy (non-hydrogen) atoms. The average molecular weight is 549 g/mol. The van der Waals surface area contributed by atoms with E-state index < -0.39 is 10.0 Å². The maximum atomic E-state index is 13.3. The first-order chi connectivity index (χ1) is 16.8. The lowest BCUT2D eigenvalue weighted by molar-refractivity contribution is -0.144. The first-order valence-electron chi connectivity index (χ1n) is 12.5. The number of likely N-dealkylation sites (tertiary alicyclic amines) is 1. The third kappa shape index (κ3) is 7.09. The molecule has 0 aliphatic carbocycles. The summed E-state index contributed by atoms with van der Waals surface area (Å²) < 4.78 is 39.7. The number of morpholine rings is 1. The lowest BCUT2D eigenvalue weighted by Crippen LogP contribution is -2.51. The maximum absolute atomic E-state index is 13.3. The highest BCUT2D eigenvalue weighted by molar-refractivity contribution is 7.89. The number of carbonyl (C=O) groups is 1. The van der Waals surface area contributed by atoms with Gasteiger partial charge in [0, 0.05) is 32.2 Å². The molecule has 0 aromatic heterocycles. The third-order valence-electron chi connectivity index (χ3n) is 7.01. The molecule has 3 aliphatic heterocycles. The lowest BCUT2D eigenvalue weighted by atomic mass is 10.1. The first-order valence-corrected chi connectivity index (χ1v) is 14.7. The molecule has 3 heterocycles. The van der Waals surface area contributed by atoms with Crippen LogP contribution in [-0.4, -0.2) is 99.7 Å². The standard InChI is InChI=1S/C24H35Cl2N3O5S/c25-22-8-7-21(14-23(22)26)35(31,32)29-11-5-2-6-19(29)17-33-18-24(30)28-12-13-34-20(16-28)15-27-9-3-1-4-10-27/h7-8,14,19-20H,1-6,9-13,15-18H2. The summed E-state index contributed by atoms with van der Waals surface area (Å²) in [7, 11) is -3.75. The van der Waals surface area contributed by atoms with Gasteiger partial charge in [0.05, 0.1) is 34.3 Å². The smallest absolute Gasteiger partial charge is 0.248 e. The second kappa shape index (κ2) is 12.5. The zero-order valence-electron chi connectivity index (χ0n) is 20.0.